The molecule has 140 valence electrons. The number of thiocarbonyl (C=S) groups is 1. The average Bonchev–Trinajstić information content (AvgIpc) is 2.61. The van der Waals surface area contributed by atoms with Gasteiger partial charge in [0.25, 0.3) is 6.20 Å². The number of carbonyl (C=O) groups excluding carboxylic acids is 1. The molecule has 1 heterocycles. The minimum atomic E-state index is -0.396. The Hall–Kier alpha value is -1.54. The number of aromatic nitrogens is 1. The predicted octanol–water partition coefficient (Wildman–Crippen LogP) is 3.36. The van der Waals surface area contributed by atoms with Crippen molar-refractivity contribution in [2.75, 3.05) is 20.0 Å². The Kier molecular flexibility index (Phi) is 9.59. The number of hydrogen-bond donors (Lipinski definition) is 0. The average molecular weight is 389 g/mol. The van der Waals surface area contributed by atoms with Gasteiger partial charge < -0.3 is 14.2 Å². The summed E-state index contributed by atoms with van der Waals surface area (Å²) < 4.78 is 18.2. The zero-order valence-electron chi connectivity index (χ0n) is 15.4. The summed E-state index contributed by atoms with van der Waals surface area (Å²) in [6.07, 6.45) is 6.22. The Morgan fingerprint density at radius 1 is 1.32 bits per heavy atom. The van der Waals surface area contributed by atoms with E-state index in [9.17, 15) is 4.79 Å². The van der Waals surface area contributed by atoms with Crippen molar-refractivity contribution < 1.29 is 28.6 Å². The molecule has 0 bridgehead atoms. The molecule has 0 radical (unpaired) electrons. The molecule has 8 heteroatoms. The van der Waals surface area contributed by atoms with Gasteiger partial charge in [-0.2, -0.15) is 4.84 Å². The fraction of sp³-hybridized carbons (Fsp3) is 0.588. The summed E-state index contributed by atoms with van der Waals surface area (Å²) >= 11 is 6.73. The topological polar surface area (TPSA) is 57.9 Å². The molecular weight excluding hydrogens is 362 g/mol. The van der Waals surface area contributed by atoms with Gasteiger partial charge in [-0.3, -0.25) is 0 Å². The van der Waals surface area contributed by atoms with Crippen LogP contribution in [0.5, 0.6) is 17.4 Å². The monoisotopic (exact) mass is 388 g/mol. The molecule has 0 saturated carbocycles. The number of methoxy groups -OCH3 is 1. The number of unbranched alkanes of at least 4 members (excludes halogenated alkanes) is 1. The molecule has 0 saturated heterocycles. The molecule has 0 spiro atoms. The lowest BCUT2D eigenvalue weighted by atomic mass is 10.3. The summed E-state index contributed by atoms with van der Waals surface area (Å²) in [4.78, 5) is 17.8. The Bertz CT molecular complexity index is 607. The molecule has 0 aliphatic rings. The molecule has 6 nitrogen and oxygen atoms in total. The zero-order valence-corrected chi connectivity index (χ0v) is 17.1. The third-order valence-electron chi connectivity index (χ3n) is 3.21. The van der Waals surface area contributed by atoms with Crippen LogP contribution < -0.4 is 23.8 Å². The van der Waals surface area contributed by atoms with E-state index in [4.69, 9.17) is 31.3 Å². The number of carbonyl (C=O) groups is 1. The number of nitrogens with zero attached hydrogens (tertiary/aromatic N) is 1. The van der Waals surface area contributed by atoms with Gasteiger partial charge in [0.05, 0.1) is 18.4 Å². The lowest BCUT2D eigenvalue weighted by Gasteiger charge is -2.14. The van der Waals surface area contributed by atoms with Crippen LogP contribution in [-0.2, 0) is 4.79 Å². The minimum absolute atomic E-state index is 0.233. The fourth-order valence-corrected chi connectivity index (χ4v) is 2.83. The van der Waals surface area contributed by atoms with E-state index in [0.717, 1.165) is 12.8 Å². The molecule has 0 aliphatic heterocycles. The minimum Gasteiger partial charge on any atom is -0.488 e. The summed E-state index contributed by atoms with van der Waals surface area (Å²) in [6, 6.07) is 0. The van der Waals surface area contributed by atoms with E-state index in [0.29, 0.717) is 40.4 Å². The molecule has 0 unspecified atom stereocenters. The van der Waals surface area contributed by atoms with Crippen LogP contribution in [0.2, 0.25) is 0 Å². The predicted molar refractivity (Wildman–Crippen MR) is 101 cm³/mol. The molecular formula is C17H26NO5S2+. The lowest BCUT2D eigenvalue weighted by molar-refractivity contribution is -0.871. The summed E-state index contributed by atoms with van der Waals surface area (Å²) in [5.74, 6) is 0.906. The summed E-state index contributed by atoms with van der Waals surface area (Å²) in [6.45, 7) is 6.15. The van der Waals surface area contributed by atoms with Gasteiger partial charge in [0, 0.05) is 12.8 Å². The van der Waals surface area contributed by atoms with Gasteiger partial charge in [-0.05, 0) is 31.8 Å². The molecule has 25 heavy (non-hydrogen) atoms. The van der Waals surface area contributed by atoms with Crippen LogP contribution in [0.1, 0.15) is 46.5 Å². The standard InChI is InChI=1S/C17H26NO5S2/c1-6-9-10-14(24)22-17-16(25-5)15(21-8-3)12(20-4)11-18(17)23-13(19)7-2/h11H,6-10H2,1-5H3/q+1. The maximum atomic E-state index is 11.8. The van der Waals surface area contributed by atoms with Gasteiger partial charge in [-0.25, -0.2) is 4.79 Å². The van der Waals surface area contributed by atoms with Crippen molar-refractivity contribution in [2.45, 2.75) is 51.3 Å². The number of rotatable bonds is 10. The maximum absolute atomic E-state index is 11.8. The second kappa shape index (κ2) is 11.1. The molecule has 0 aromatic carbocycles. The van der Waals surface area contributed by atoms with Crippen LogP contribution in [0, 0.1) is 0 Å². The molecule has 0 aliphatic carbocycles. The highest BCUT2D eigenvalue weighted by Crippen LogP contribution is 2.41. The van der Waals surface area contributed by atoms with Gasteiger partial charge in [0.1, 0.15) is 0 Å². The highest BCUT2D eigenvalue weighted by Gasteiger charge is 2.32. The Balaban J connectivity index is 3.40. The van der Waals surface area contributed by atoms with E-state index in [1.165, 1.54) is 29.8 Å². The van der Waals surface area contributed by atoms with Gasteiger partial charge in [0.15, 0.2) is 15.7 Å². The van der Waals surface area contributed by atoms with E-state index in [-0.39, 0.29) is 6.42 Å². The lowest BCUT2D eigenvalue weighted by Crippen LogP contribution is -2.47. The van der Waals surface area contributed by atoms with Gasteiger partial charge in [-0.1, -0.05) is 20.3 Å². The fourth-order valence-electron chi connectivity index (χ4n) is 1.95. The first kappa shape index (κ1) is 21.5. The molecule has 0 amide bonds. The Labute approximate surface area is 158 Å². The molecule has 1 aromatic rings. The first-order valence-corrected chi connectivity index (χ1v) is 9.90. The molecule has 1 aromatic heterocycles. The zero-order chi connectivity index (χ0) is 18.8. The second-order valence-corrected chi connectivity index (χ2v) is 6.29. The normalized spacial score (nSPS) is 10.3. The van der Waals surface area contributed by atoms with Crippen LogP contribution >= 0.6 is 24.0 Å². The smallest absolute Gasteiger partial charge is 0.441 e. The van der Waals surface area contributed by atoms with Crippen molar-refractivity contribution in [3.05, 3.63) is 6.20 Å². The van der Waals surface area contributed by atoms with Crippen LogP contribution in [0.25, 0.3) is 0 Å². The Morgan fingerprint density at radius 3 is 2.56 bits per heavy atom. The third-order valence-corrected chi connectivity index (χ3v) is 4.26. The quantitative estimate of drug-likeness (QED) is 0.346. The second-order valence-electron chi connectivity index (χ2n) is 5.02. The van der Waals surface area contributed by atoms with Crippen LogP contribution in [0.4, 0.5) is 0 Å². The summed E-state index contributed by atoms with van der Waals surface area (Å²) in [7, 11) is 1.53. The number of ether oxygens (including phenoxy) is 3. The van der Waals surface area contributed by atoms with E-state index in [1.54, 1.807) is 6.92 Å². The largest absolute Gasteiger partial charge is 0.488 e. The summed E-state index contributed by atoms with van der Waals surface area (Å²) in [5, 5.41) is 0.436. The number of pyridine rings is 1. The summed E-state index contributed by atoms with van der Waals surface area (Å²) in [5.41, 5.74) is 0. The van der Waals surface area contributed by atoms with Crippen LogP contribution in [-0.4, -0.2) is 31.0 Å². The highest BCUT2D eigenvalue weighted by molar-refractivity contribution is 7.98. The van der Waals surface area contributed by atoms with E-state index in [1.807, 2.05) is 13.2 Å². The highest BCUT2D eigenvalue weighted by atomic mass is 32.2. The van der Waals surface area contributed by atoms with Gasteiger partial charge >= 0.3 is 11.8 Å². The SMILES string of the molecule is CCCCC(=S)Oc1c(SC)c(OCC)c(OC)c[n+]1OC(=O)CC. The molecule has 0 fully saturated rings. The van der Waals surface area contributed by atoms with Crippen molar-refractivity contribution in [3.8, 4) is 17.4 Å². The van der Waals surface area contributed by atoms with Crippen LogP contribution in [0.15, 0.2) is 11.1 Å². The van der Waals surface area contributed by atoms with E-state index in [2.05, 4.69) is 6.92 Å². The van der Waals surface area contributed by atoms with Crippen molar-refractivity contribution in [1.82, 2.24) is 0 Å². The van der Waals surface area contributed by atoms with Gasteiger partial charge in [-0.15, -0.1) is 11.8 Å². The van der Waals surface area contributed by atoms with Gasteiger partial charge in [0.2, 0.25) is 5.75 Å². The molecule has 0 atom stereocenters. The number of thioether (sulfide) groups is 1. The van der Waals surface area contributed by atoms with Crippen molar-refractivity contribution in [1.29, 1.82) is 0 Å². The van der Waals surface area contributed by atoms with Crippen molar-refractivity contribution in [3.63, 3.8) is 0 Å². The third kappa shape index (κ3) is 6.04. The van der Waals surface area contributed by atoms with Crippen molar-refractivity contribution in [2.24, 2.45) is 0 Å². The maximum Gasteiger partial charge on any atom is 0.441 e. The van der Waals surface area contributed by atoms with E-state index < -0.39 is 5.97 Å². The van der Waals surface area contributed by atoms with E-state index >= 15 is 0 Å². The number of hydrogen-bond acceptors (Lipinski definition) is 7. The molecule has 1 rings (SSSR count). The first-order chi connectivity index (χ1) is 12.0. The Morgan fingerprint density at radius 2 is 2.04 bits per heavy atom. The first-order valence-electron chi connectivity index (χ1n) is 8.27. The molecule has 0 N–H and O–H groups in total. The van der Waals surface area contributed by atoms with Crippen molar-refractivity contribution >= 4 is 35.0 Å². The van der Waals surface area contributed by atoms with Crippen LogP contribution in [0.3, 0.4) is 0 Å².